The number of fused-ring (bicyclic) bond motifs is 1. The molecule has 2 aromatic rings. The van der Waals surface area contributed by atoms with Gasteiger partial charge in [-0.3, -0.25) is 0 Å². The summed E-state index contributed by atoms with van der Waals surface area (Å²) in [5, 5.41) is 13.1. The molecule has 134 valence electrons. The Morgan fingerprint density at radius 2 is 1.61 bits per heavy atom. The predicted molar refractivity (Wildman–Crippen MR) is 105 cm³/mol. The zero-order valence-corrected chi connectivity index (χ0v) is 16.5. The fourth-order valence-electron chi connectivity index (χ4n) is 1.76. The minimum absolute atomic E-state index is 0.101. The van der Waals surface area contributed by atoms with Crippen LogP contribution in [0.5, 0.6) is 0 Å². The first-order valence-corrected chi connectivity index (χ1v) is 8.78. The molecule has 1 heterocycles. The van der Waals surface area contributed by atoms with Crippen molar-refractivity contribution in [2.24, 2.45) is 5.41 Å². The molecule has 0 unspecified atom stereocenters. The van der Waals surface area contributed by atoms with Crippen molar-refractivity contribution in [3.05, 3.63) is 36.0 Å². The SMILES string of the molecule is CC.CC.CNCCC(C)(C)C.OCc1c[nH]c2ccccc12. The zero-order valence-electron chi connectivity index (χ0n) is 16.5. The highest BCUT2D eigenvalue weighted by Gasteiger charge is 2.07. The fraction of sp³-hybridized carbons (Fsp3) is 0.600. The van der Waals surface area contributed by atoms with Gasteiger partial charge in [0.25, 0.3) is 0 Å². The number of hydrogen-bond donors (Lipinski definition) is 3. The number of aromatic amines is 1. The lowest BCUT2D eigenvalue weighted by atomic mass is 9.92. The molecule has 0 radical (unpaired) electrons. The van der Waals surface area contributed by atoms with Crippen molar-refractivity contribution in [2.75, 3.05) is 13.6 Å². The molecule has 2 rings (SSSR count). The summed E-state index contributed by atoms with van der Waals surface area (Å²) in [7, 11) is 1.99. The Morgan fingerprint density at radius 3 is 2.04 bits per heavy atom. The summed E-state index contributed by atoms with van der Waals surface area (Å²) in [5.41, 5.74) is 2.53. The first-order chi connectivity index (χ1) is 11.0. The normalized spacial score (nSPS) is 9.78. The van der Waals surface area contributed by atoms with E-state index in [4.69, 9.17) is 5.11 Å². The molecule has 1 aromatic heterocycles. The number of hydrogen-bond acceptors (Lipinski definition) is 2. The maximum absolute atomic E-state index is 8.90. The van der Waals surface area contributed by atoms with Crippen LogP contribution < -0.4 is 5.32 Å². The molecule has 0 aliphatic carbocycles. The Hall–Kier alpha value is -1.32. The predicted octanol–water partition coefficient (Wildman–Crippen LogP) is 5.35. The topological polar surface area (TPSA) is 48.0 Å². The van der Waals surface area contributed by atoms with E-state index in [1.165, 1.54) is 6.42 Å². The van der Waals surface area contributed by atoms with Gasteiger partial charge in [-0.05, 0) is 31.5 Å². The first-order valence-electron chi connectivity index (χ1n) is 8.78. The summed E-state index contributed by atoms with van der Waals surface area (Å²) >= 11 is 0. The third-order valence-corrected chi connectivity index (χ3v) is 2.97. The lowest BCUT2D eigenvalue weighted by molar-refractivity contribution is 0.283. The van der Waals surface area contributed by atoms with E-state index < -0.39 is 0 Å². The molecule has 0 spiro atoms. The number of benzene rings is 1. The Morgan fingerprint density at radius 1 is 1.04 bits per heavy atom. The van der Waals surface area contributed by atoms with Crippen LogP contribution in [-0.4, -0.2) is 23.7 Å². The highest BCUT2D eigenvalue weighted by atomic mass is 16.3. The molecule has 0 atom stereocenters. The van der Waals surface area contributed by atoms with Crippen molar-refractivity contribution in [1.29, 1.82) is 0 Å². The molecule has 0 fully saturated rings. The molecule has 0 saturated carbocycles. The summed E-state index contributed by atoms with van der Waals surface area (Å²) in [6, 6.07) is 7.93. The quantitative estimate of drug-likeness (QED) is 0.713. The summed E-state index contributed by atoms with van der Waals surface area (Å²) in [6.07, 6.45) is 3.09. The number of aliphatic hydroxyl groups is 1. The van der Waals surface area contributed by atoms with Crippen molar-refractivity contribution in [2.45, 2.75) is 61.5 Å². The van der Waals surface area contributed by atoms with Crippen LogP contribution in [0.1, 0.15) is 60.5 Å². The van der Waals surface area contributed by atoms with Crippen LogP contribution in [0.4, 0.5) is 0 Å². The maximum atomic E-state index is 8.90. The van der Waals surface area contributed by atoms with Crippen LogP contribution in [0.25, 0.3) is 10.9 Å². The second kappa shape index (κ2) is 14.3. The molecule has 0 aliphatic rings. The van der Waals surface area contributed by atoms with Gasteiger partial charge in [-0.2, -0.15) is 0 Å². The Kier molecular flexibility index (Phi) is 14.9. The molecule has 0 saturated heterocycles. The van der Waals surface area contributed by atoms with Gasteiger partial charge in [0.15, 0.2) is 0 Å². The molecule has 3 heteroatoms. The van der Waals surface area contributed by atoms with Gasteiger partial charge in [0.2, 0.25) is 0 Å². The Balaban J connectivity index is 0. The van der Waals surface area contributed by atoms with Crippen molar-refractivity contribution in [1.82, 2.24) is 10.3 Å². The van der Waals surface area contributed by atoms with E-state index in [2.05, 4.69) is 31.1 Å². The molecule has 0 bridgehead atoms. The van der Waals surface area contributed by atoms with E-state index >= 15 is 0 Å². The largest absolute Gasteiger partial charge is 0.392 e. The number of rotatable bonds is 3. The van der Waals surface area contributed by atoms with Crippen LogP contribution in [-0.2, 0) is 6.61 Å². The van der Waals surface area contributed by atoms with Crippen LogP contribution in [0.2, 0.25) is 0 Å². The number of aromatic nitrogens is 1. The van der Waals surface area contributed by atoms with Crippen LogP contribution >= 0.6 is 0 Å². The van der Waals surface area contributed by atoms with Crippen molar-refractivity contribution >= 4 is 10.9 Å². The molecule has 0 amide bonds. The molecule has 0 aliphatic heterocycles. The van der Waals surface area contributed by atoms with E-state index in [-0.39, 0.29) is 6.61 Å². The second-order valence-electron chi connectivity index (χ2n) is 5.93. The van der Waals surface area contributed by atoms with E-state index in [1.54, 1.807) is 0 Å². The van der Waals surface area contributed by atoms with E-state index in [0.29, 0.717) is 5.41 Å². The minimum atomic E-state index is 0.101. The summed E-state index contributed by atoms with van der Waals surface area (Å²) in [5.74, 6) is 0. The number of para-hydroxylation sites is 1. The highest BCUT2D eigenvalue weighted by molar-refractivity contribution is 5.82. The highest BCUT2D eigenvalue weighted by Crippen LogP contribution is 2.17. The standard InChI is InChI=1S/C9H9NO.C7H17N.2C2H6/c11-6-7-5-10-9-4-2-1-3-8(7)9;1-7(2,3)5-6-8-4;2*1-2/h1-5,10-11H,6H2;8H,5-6H2,1-4H3;2*1-2H3. The summed E-state index contributed by atoms with van der Waals surface area (Å²) in [4.78, 5) is 3.08. The molecular formula is C20H38N2O. The van der Waals surface area contributed by atoms with E-state index in [9.17, 15) is 0 Å². The lowest BCUT2D eigenvalue weighted by Gasteiger charge is -2.16. The van der Waals surface area contributed by atoms with Gasteiger partial charge >= 0.3 is 0 Å². The Bertz CT molecular complexity index is 484. The first kappa shape index (κ1) is 23.9. The Labute approximate surface area is 143 Å². The average molecular weight is 323 g/mol. The minimum Gasteiger partial charge on any atom is -0.392 e. The van der Waals surface area contributed by atoms with Crippen LogP contribution in [0.3, 0.4) is 0 Å². The van der Waals surface area contributed by atoms with Gasteiger partial charge < -0.3 is 15.4 Å². The van der Waals surface area contributed by atoms with Crippen molar-refractivity contribution in [3.8, 4) is 0 Å². The van der Waals surface area contributed by atoms with Gasteiger partial charge in [-0.1, -0.05) is 66.7 Å². The summed E-state index contributed by atoms with van der Waals surface area (Å²) in [6.45, 7) is 16.0. The third-order valence-electron chi connectivity index (χ3n) is 2.97. The average Bonchev–Trinajstić information content (AvgIpc) is 3.00. The van der Waals surface area contributed by atoms with E-state index in [0.717, 1.165) is 23.0 Å². The van der Waals surface area contributed by atoms with Crippen LogP contribution in [0, 0.1) is 5.41 Å². The third kappa shape index (κ3) is 10.9. The van der Waals surface area contributed by atoms with Gasteiger partial charge in [0.05, 0.1) is 6.61 Å². The summed E-state index contributed by atoms with van der Waals surface area (Å²) < 4.78 is 0. The van der Waals surface area contributed by atoms with Gasteiger partial charge in [0, 0.05) is 22.7 Å². The second-order valence-corrected chi connectivity index (χ2v) is 5.93. The zero-order chi connectivity index (χ0) is 18.3. The lowest BCUT2D eigenvalue weighted by Crippen LogP contribution is -2.16. The molecule has 3 nitrogen and oxygen atoms in total. The maximum Gasteiger partial charge on any atom is 0.0702 e. The van der Waals surface area contributed by atoms with Gasteiger partial charge in [-0.15, -0.1) is 0 Å². The fourth-order valence-corrected chi connectivity index (χ4v) is 1.76. The molecule has 1 aromatic carbocycles. The van der Waals surface area contributed by atoms with Crippen LogP contribution in [0.15, 0.2) is 30.5 Å². The number of nitrogens with one attached hydrogen (secondary N) is 2. The van der Waals surface area contributed by atoms with E-state index in [1.807, 2.05) is 65.2 Å². The molecule has 23 heavy (non-hydrogen) atoms. The van der Waals surface area contributed by atoms with Gasteiger partial charge in [0.1, 0.15) is 0 Å². The molecule has 3 N–H and O–H groups in total. The van der Waals surface area contributed by atoms with Gasteiger partial charge in [-0.25, -0.2) is 0 Å². The molecular weight excluding hydrogens is 284 g/mol. The van der Waals surface area contributed by atoms with Crippen molar-refractivity contribution < 1.29 is 5.11 Å². The van der Waals surface area contributed by atoms with Crippen molar-refractivity contribution in [3.63, 3.8) is 0 Å². The number of aliphatic hydroxyl groups excluding tert-OH is 1. The smallest absolute Gasteiger partial charge is 0.0702 e. The number of H-pyrrole nitrogens is 1. The monoisotopic (exact) mass is 322 g/mol.